The molecule has 0 saturated heterocycles. The van der Waals surface area contributed by atoms with Crippen LogP contribution in [-0.2, 0) is 4.79 Å². The second-order valence-electron chi connectivity index (χ2n) is 7.44. The van der Waals surface area contributed by atoms with Crippen LogP contribution in [-0.4, -0.2) is 32.6 Å². The zero-order chi connectivity index (χ0) is 13.6. The normalized spacial score (nSPS) is 37.2. The second-order valence-corrected chi connectivity index (χ2v) is 7.44. The average molecular weight is 253 g/mol. The van der Waals surface area contributed by atoms with Crippen molar-refractivity contribution in [3.63, 3.8) is 0 Å². The average Bonchev–Trinajstić information content (AvgIpc) is 2.59. The molecule has 0 aromatic rings. The first-order valence-electron chi connectivity index (χ1n) is 7.36. The third-order valence-corrected chi connectivity index (χ3v) is 5.98. The molecule has 0 heterocycles. The van der Waals surface area contributed by atoms with Gasteiger partial charge in [0.1, 0.15) is 0 Å². The predicted octanol–water partition coefficient (Wildman–Crippen LogP) is 0.852. The van der Waals surface area contributed by atoms with Crippen LogP contribution in [0.1, 0.15) is 46.5 Å². The van der Waals surface area contributed by atoms with Crippen LogP contribution in [0.15, 0.2) is 0 Å². The van der Waals surface area contributed by atoms with Crippen LogP contribution in [0.5, 0.6) is 0 Å². The zero-order valence-corrected chi connectivity index (χ0v) is 12.6. The van der Waals surface area contributed by atoms with Gasteiger partial charge in [0.25, 0.3) is 0 Å². The summed E-state index contributed by atoms with van der Waals surface area (Å²) >= 11 is 0. The Labute approximate surface area is 111 Å². The Morgan fingerprint density at radius 3 is 2.44 bits per heavy atom. The Balaban J connectivity index is 1.94. The summed E-state index contributed by atoms with van der Waals surface area (Å²) in [5.41, 5.74) is 0.691. The fourth-order valence-corrected chi connectivity index (χ4v) is 4.05. The summed E-state index contributed by atoms with van der Waals surface area (Å²) in [4.78, 5) is 13.3. The van der Waals surface area contributed by atoms with E-state index < -0.39 is 0 Å². The largest absolute Gasteiger partial charge is 0.353 e. The monoisotopic (exact) mass is 253 g/mol. The second kappa shape index (κ2) is 4.52. The van der Waals surface area contributed by atoms with Gasteiger partial charge in [0.2, 0.25) is 5.91 Å². The lowest BCUT2D eigenvalue weighted by Crippen LogP contribution is -3.05. The molecule has 3 nitrogen and oxygen atoms in total. The van der Waals surface area contributed by atoms with E-state index in [2.05, 4.69) is 40.2 Å². The molecule has 0 aromatic heterocycles. The maximum absolute atomic E-state index is 12.0. The summed E-state index contributed by atoms with van der Waals surface area (Å²) in [5.74, 6) is 1.04. The van der Waals surface area contributed by atoms with Crippen LogP contribution in [0.2, 0.25) is 0 Å². The maximum Gasteiger partial charge on any atom is 0.225 e. The number of fused-ring (bicyclic) bond motifs is 2. The highest BCUT2D eigenvalue weighted by Crippen LogP contribution is 2.65. The Morgan fingerprint density at radius 1 is 1.33 bits per heavy atom. The fourth-order valence-electron chi connectivity index (χ4n) is 4.05. The maximum atomic E-state index is 12.0. The molecule has 0 spiro atoms. The minimum atomic E-state index is 0.241. The predicted molar refractivity (Wildman–Crippen MR) is 73.5 cm³/mol. The summed E-state index contributed by atoms with van der Waals surface area (Å²) in [7, 11) is 4.18. The van der Waals surface area contributed by atoms with Crippen LogP contribution in [0.25, 0.3) is 0 Å². The third-order valence-electron chi connectivity index (χ3n) is 5.98. The Kier molecular flexibility index (Phi) is 3.48. The van der Waals surface area contributed by atoms with E-state index in [9.17, 15) is 4.79 Å². The number of hydrogen-bond donors (Lipinski definition) is 2. The molecule has 0 unspecified atom stereocenters. The molecule has 1 amide bonds. The van der Waals surface area contributed by atoms with E-state index in [1.807, 2.05) is 0 Å². The van der Waals surface area contributed by atoms with Crippen LogP contribution in [0, 0.1) is 16.7 Å². The van der Waals surface area contributed by atoms with Gasteiger partial charge in [0, 0.05) is 6.04 Å². The molecule has 3 heteroatoms. The van der Waals surface area contributed by atoms with Gasteiger partial charge in [0.05, 0.1) is 27.1 Å². The van der Waals surface area contributed by atoms with Crippen molar-refractivity contribution in [2.75, 3.05) is 20.6 Å². The van der Waals surface area contributed by atoms with Crippen molar-refractivity contribution >= 4 is 5.91 Å². The van der Waals surface area contributed by atoms with E-state index in [4.69, 9.17) is 0 Å². The van der Waals surface area contributed by atoms with Crippen LogP contribution < -0.4 is 10.2 Å². The number of carbonyl (C=O) groups is 1. The number of rotatable bonds is 4. The van der Waals surface area contributed by atoms with E-state index in [1.54, 1.807) is 0 Å². The molecule has 2 rings (SSSR count). The minimum Gasteiger partial charge on any atom is -0.353 e. The van der Waals surface area contributed by atoms with Crippen molar-refractivity contribution < 1.29 is 9.69 Å². The Bertz CT molecular complexity index is 337. The molecule has 2 aliphatic carbocycles. The van der Waals surface area contributed by atoms with Gasteiger partial charge in [-0.2, -0.15) is 0 Å². The van der Waals surface area contributed by atoms with Gasteiger partial charge in [0.15, 0.2) is 0 Å². The Hall–Kier alpha value is -0.570. The van der Waals surface area contributed by atoms with Gasteiger partial charge >= 0.3 is 0 Å². The third kappa shape index (κ3) is 2.07. The highest BCUT2D eigenvalue weighted by atomic mass is 16.1. The lowest BCUT2D eigenvalue weighted by Gasteiger charge is -2.39. The van der Waals surface area contributed by atoms with E-state index in [1.165, 1.54) is 24.2 Å². The van der Waals surface area contributed by atoms with Gasteiger partial charge < -0.3 is 10.2 Å². The smallest absolute Gasteiger partial charge is 0.225 e. The molecule has 2 aliphatic rings. The number of nitrogens with one attached hydrogen (secondary N) is 2. The topological polar surface area (TPSA) is 33.5 Å². The molecule has 18 heavy (non-hydrogen) atoms. The molecule has 2 bridgehead atoms. The summed E-state index contributed by atoms with van der Waals surface area (Å²) < 4.78 is 0. The van der Waals surface area contributed by atoms with Crippen LogP contribution in [0.3, 0.4) is 0 Å². The van der Waals surface area contributed by atoms with Crippen molar-refractivity contribution in [3.8, 4) is 0 Å². The molecule has 0 radical (unpaired) electrons. The number of quaternary nitrogens is 1. The van der Waals surface area contributed by atoms with Gasteiger partial charge in [-0.15, -0.1) is 0 Å². The van der Waals surface area contributed by atoms with E-state index in [0.717, 1.165) is 12.5 Å². The first-order valence-corrected chi connectivity index (χ1v) is 7.36. The minimum absolute atomic E-state index is 0.241. The van der Waals surface area contributed by atoms with Crippen molar-refractivity contribution in [1.82, 2.24) is 5.32 Å². The van der Waals surface area contributed by atoms with Gasteiger partial charge in [-0.1, -0.05) is 20.8 Å². The lowest BCUT2D eigenvalue weighted by atomic mass is 9.69. The van der Waals surface area contributed by atoms with Crippen LogP contribution in [0.4, 0.5) is 0 Å². The fraction of sp³-hybridized carbons (Fsp3) is 0.933. The molecule has 2 N–H and O–H groups in total. The molecule has 0 aromatic carbocycles. The first-order chi connectivity index (χ1) is 8.27. The summed E-state index contributed by atoms with van der Waals surface area (Å²) in [5, 5.41) is 3.31. The number of hydrogen-bond acceptors (Lipinski definition) is 1. The number of amides is 1. The summed E-state index contributed by atoms with van der Waals surface area (Å²) in [6.07, 6.45) is 4.45. The molecule has 0 aliphatic heterocycles. The van der Waals surface area contributed by atoms with Gasteiger partial charge in [-0.3, -0.25) is 4.79 Å². The van der Waals surface area contributed by atoms with E-state index in [-0.39, 0.29) is 5.91 Å². The molecule has 2 fully saturated rings. The van der Waals surface area contributed by atoms with Crippen LogP contribution >= 0.6 is 0 Å². The molecular formula is C15H29N2O+. The van der Waals surface area contributed by atoms with Gasteiger partial charge in [-0.05, 0) is 36.0 Å². The van der Waals surface area contributed by atoms with Gasteiger partial charge in [-0.25, -0.2) is 0 Å². The van der Waals surface area contributed by atoms with Crippen molar-refractivity contribution in [1.29, 1.82) is 0 Å². The zero-order valence-electron chi connectivity index (χ0n) is 12.6. The number of carbonyl (C=O) groups excluding carboxylic acids is 1. The van der Waals surface area contributed by atoms with E-state index >= 15 is 0 Å². The molecule has 104 valence electrons. The van der Waals surface area contributed by atoms with Crippen molar-refractivity contribution in [3.05, 3.63) is 0 Å². The summed E-state index contributed by atoms with van der Waals surface area (Å²) in [6.45, 7) is 8.08. The van der Waals surface area contributed by atoms with Crippen molar-refractivity contribution in [2.24, 2.45) is 16.7 Å². The SMILES string of the molecule is C[NH+](C)CCC(=O)N[C@@H]1C[C@@H]2CC[C@]1(C)C2(C)C. The molecular weight excluding hydrogens is 224 g/mol. The highest BCUT2D eigenvalue weighted by molar-refractivity contribution is 5.76. The lowest BCUT2D eigenvalue weighted by molar-refractivity contribution is -0.857. The van der Waals surface area contributed by atoms with E-state index in [0.29, 0.717) is 23.3 Å². The highest BCUT2D eigenvalue weighted by Gasteiger charge is 2.61. The molecule has 3 atom stereocenters. The van der Waals surface area contributed by atoms with Crippen molar-refractivity contribution in [2.45, 2.75) is 52.5 Å². The first kappa shape index (κ1) is 13.9. The molecule has 2 saturated carbocycles. The Morgan fingerprint density at radius 2 is 2.00 bits per heavy atom. The quantitative estimate of drug-likeness (QED) is 0.765. The standard InChI is InChI=1S/C15H28N2O/c1-14(2)11-6-8-15(14,3)12(10-11)16-13(18)7-9-17(4)5/h11-12H,6-10H2,1-5H3,(H,16,18)/p+1/t11-,12+,15-/m0/s1. The summed E-state index contributed by atoms with van der Waals surface area (Å²) in [6, 6.07) is 0.399.